The fourth-order valence-corrected chi connectivity index (χ4v) is 3.06. The van der Waals surface area contributed by atoms with Gasteiger partial charge < -0.3 is 10.4 Å². The lowest BCUT2D eigenvalue weighted by atomic mass is 10.0. The third-order valence-corrected chi connectivity index (χ3v) is 4.37. The van der Waals surface area contributed by atoms with Crippen molar-refractivity contribution < 1.29 is 5.11 Å². The predicted molar refractivity (Wildman–Crippen MR) is 91.2 cm³/mol. The van der Waals surface area contributed by atoms with E-state index in [9.17, 15) is 5.11 Å². The van der Waals surface area contributed by atoms with Gasteiger partial charge in [0.2, 0.25) is 0 Å². The quantitative estimate of drug-likeness (QED) is 0.673. The summed E-state index contributed by atoms with van der Waals surface area (Å²) in [5.74, 6) is 0.336. The Morgan fingerprint density at radius 3 is 2.57 bits per heavy atom. The lowest BCUT2D eigenvalue weighted by molar-refractivity contribution is 0.470. The average molecular weight is 295 g/mol. The molecule has 0 amide bonds. The maximum Gasteiger partial charge on any atom is 0.121 e. The van der Waals surface area contributed by atoms with E-state index in [0.29, 0.717) is 12.3 Å². The zero-order valence-corrected chi connectivity index (χ0v) is 12.7. The number of para-hydroxylation sites is 1. The molecule has 3 aromatic carbocycles. The minimum absolute atomic E-state index is 0.336. The van der Waals surface area contributed by atoms with Crippen molar-refractivity contribution in [3.05, 3.63) is 66.2 Å². The van der Waals surface area contributed by atoms with Crippen molar-refractivity contribution in [2.75, 3.05) is 11.6 Å². The molecule has 0 spiro atoms. The molecular formula is C18H17NOS. The van der Waals surface area contributed by atoms with Crippen molar-refractivity contribution in [2.24, 2.45) is 0 Å². The zero-order valence-electron chi connectivity index (χ0n) is 11.8. The van der Waals surface area contributed by atoms with E-state index >= 15 is 0 Å². The van der Waals surface area contributed by atoms with Crippen molar-refractivity contribution in [1.82, 2.24) is 0 Å². The van der Waals surface area contributed by atoms with Crippen molar-refractivity contribution in [3.8, 4) is 5.75 Å². The molecule has 106 valence electrons. The fraction of sp³-hybridized carbons (Fsp3) is 0.111. The number of hydrogen-bond acceptors (Lipinski definition) is 3. The molecule has 3 rings (SSSR count). The van der Waals surface area contributed by atoms with Crippen LogP contribution in [0.1, 0.15) is 5.56 Å². The molecule has 0 aliphatic heterocycles. The number of phenolic OH excluding ortho intramolecular Hbond substituents is 1. The number of phenols is 1. The summed E-state index contributed by atoms with van der Waals surface area (Å²) in [4.78, 5) is 1.21. The number of thioether (sulfide) groups is 1. The van der Waals surface area contributed by atoms with Crippen LogP contribution in [0.2, 0.25) is 0 Å². The van der Waals surface area contributed by atoms with Gasteiger partial charge in [-0.15, -0.1) is 11.8 Å². The minimum atomic E-state index is 0.336. The summed E-state index contributed by atoms with van der Waals surface area (Å²) < 4.78 is 0. The van der Waals surface area contributed by atoms with Crippen LogP contribution in [0.5, 0.6) is 5.75 Å². The van der Waals surface area contributed by atoms with Gasteiger partial charge in [-0.25, -0.2) is 0 Å². The van der Waals surface area contributed by atoms with Gasteiger partial charge in [-0.3, -0.25) is 0 Å². The van der Waals surface area contributed by atoms with E-state index in [4.69, 9.17) is 0 Å². The lowest BCUT2D eigenvalue weighted by Gasteiger charge is -2.13. The van der Waals surface area contributed by atoms with Crippen LogP contribution < -0.4 is 5.32 Å². The zero-order chi connectivity index (χ0) is 14.7. The molecule has 0 saturated carbocycles. The number of fused-ring (bicyclic) bond motifs is 1. The monoisotopic (exact) mass is 295 g/mol. The molecule has 0 heterocycles. The molecular weight excluding hydrogens is 278 g/mol. The van der Waals surface area contributed by atoms with Crippen LogP contribution in [0.15, 0.2) is 65.6 Å². The molecule has 0 aliphatic carbocycles. The second-order valence-corrected chi connectivity index (χ2v) is 5.69. The average Bonchev–Trinajstić information content (AvgIpc) is 2.54. The van der Waals surface area contributed by atoms with E-state index in [-0.39, 0.29) is 0 Å². The van der Waals surface area contributed by atoms with E-state index in [1.807, 2.05) is 36.4 Å². The Balaban J connectivity index is 1.93. The Morgan fingerprint density at radius 1 is 0.952 bits per heavy atom. The molecule has 3 aromatic rings. The van der Waals surface area contributed by atoms with Gasteiger partial charge in [0.1, 0.15) is 5.75 Å². The maximum absolute atomic E-state index is 10.2. The van der Waals surface area contributed by atoms with Crippen LogP contribution in [-0.4, -0.2) is 11.4 Å². The normalized spacial score (nSPS) is 10.7. The Kier molecular flexibility index (Phi) is 4.02. The third-order valence-electron chi connectivity index (χ3n) is 3.58. The highest BCUT2D eigenvalue weighted by molar-refractivity contribution is 7.98. The fourth-order valence-electron chi connectivity index (χ4n) is 2.48. The summed E-state index contributed by atoms with van der Waals surface area (Å²) in [7, 11) is 0. The Labute approximate surface area is 128 Å². The van der Waals surface area contributed by atoms with Crippen LogP contribution >= 0.6 is 11.8 Å². The van der Waals surface area contributed by atoms with Gasteiger partial charge in [-0.2, -0.15) is 0 Å². The highest BCUT2D eigenvalue weighted by atomic mass is 32.2. The molecule has 0 saturated heterocycles. The number of hydrogen-bond donors (Lipinski definition) is 2. The van der Waals surface area contributed by atoms with E-state index in [2.05, 4.69) is 29.8 Å². The van der Waals surface area contributed by atoms with Crippen molar-refractivity contribution in [1.29, 1.82) is 0 Å². The van der Waals surface area contributed by atoms with Gasteiger partial charge in [-0.05, 0) is 35.2 Å². The first kappa shape index (κ1) is 13.8. The molecule has 0 aromatic heterocycles. The first-order chi connectivity index (χ1) is 10.3. The summed E-state index contributed by atoms with van der Waals surface area (Å²) in [5.41, 5.74) is 2.03. The van der Waals surface area contributed by atoms with Crippen LogP contribution in [0.4, 0.5) is 5.69 Å². The highest BCUT2D eigenvalue weighted by Crippen LogP contribution is 2.30. The summed E-state index contributed by atoms with van der Waals surface area (Å²) in [6.45, 7) is 0.602. The van der Waals surface area contributed by atoms with Gasteiger partial charge in [0.15, 0.2) is 0 Å². The number of anilines is 1. The van der Waals surface area contributed by atoms with Crippen molar-refractivity contribution >= 4 is 28.2 Å². The first-order valence-corrected chi connectivity index (χ1v) is 8.08. The number of aromatic hydroxyl groups is 1. The van der Waals surface area contributed by atoms with Gasteiger partial charge in [0, 0.05) is 22.7 Å². The SMILES string of the molecule is CSc1ccccc1NCc1c(O)ccc2ccccc12. The predicted octanol–water partition coefficient (Wildman–Crippen LogP) is 4.88. The van der Waals surface area contributed by atoms with E-state index in [0.717, 1.165) is 22.0 Å². The summed E-state index contributed by atoms with van der Waals surface area (Å²) in [6.07, 6.45) is 2.07. The van der Waals surface area contributed by atoms with Gasteiger partial charge in [-0.1, -0.05) is 42.5 Å². The Morgan fingerprint density at radius 2 is 1.71 bits per heavy atom. The summed E-state index contributed by atoms with van der Waals surface area (Å²) in [5, 5.41) is 15.8. The van der Waals surface area contributed by atoms with Gasteiger partial charge in [0.25, 0.3) is 0 Å². The van der Waals surface area contributed by atoms with Gasteiger partial charge >= 0.3 is 0 Å². The van der Waals surface area contributed by atoms with E-state index in [1.54, 1.807) is 17.8 Å². The number of benzene rings is 3. The minimum Gasteiger partial charge on any atom is -0.508 e. The second kappa shape index (κ2) is 6.10. The third kappa shape index (κ3) is 2.83. The second-order valence-electron chi connectivity index (χ2n) is 4.84. The lowest BCUT2D eigenvalue weighted by Crippen LogP contribution is -2.01. The summed E-state index contributed by atoms with van der Waals surface area (Å²) in [6, 6.07) is 20.0. The van der Waals surface area contributed by atoms with E-state index < -0.39 is 0 Å². The van der Waals surface area contributed by atoms with E-state index in [1.165, 1.54) is 4.90 Å². The van der Waals surface area contributed by atoms with Crippen LogP contribution in [0.3, 0.4) is 0 Å². The van der Waals surface area contributed by atoms with Crippen molar-refractivity contribution in [3.63, 3.8) is 0 Å². The standard InChI is InChI=1S/C18H17NOS/c1-21-18-9-5-4-8-16(18)19-12-15-14-7-3-2-6-13(14)10-11-17(15)20/h2-11,19-20H,12H2,1H3. The topological polar surface area (TPSA) is 32.3 Å². The Hall–Kier alpha value is -2.13. The number of nitrogens with one attached hydrogen (secondary N) is 1. The van der Waals surface area contributed by atoms with Crippen LogP contribution in [0, 0.1) is 0 Å². The largest absolute Gasteiger partial charge is 0.508 e. The molecule has 3 heteroatoms. The molecule has 0 atom stereocenters. The van der Waals surface area contributed by atoms with Crippen molar-refractivity contribution in [2.45, 2.75) is 11.4 Å². The molecule has 0 aliphatic rings. The Bertz CT molecular complexity index is 770. The first-order valence-electron chi connectivity index (χ1n) is 6.86. The molecule has 0 unspecified atom stereocenters. The van der Waals surface area contributed by atoms with Gasteiger partial charge in [0.05, 0.1) is 0 Å². The van der Waals surface area contributed by atoms with Crippen LogP contribution in [-0.2, 0) is 6.54 Å². The number of rotatable bonds is 4. The summed E-state index contributed by atoms with van der Waals surface area (Å²) >= 11 is 1.71. The molecule has 0 bridgehead atoms. The maximum atomic E-state index is 10.2. The smallest absolute Gasteiger partial charge is 0.121 e. The van der Waals surface area contributed by atoms with Crippen LogP contribution in [0.25, 0.3) is 10.8 Å². The molecule has 2 N–H and O–H groups in total. The molecule has 0 radical (unpaired) electrons. The highest BCUT2D eigenvalue weighted by Gasteiger charge is 2.07. The molecule has 21 heavy (non-hydrogen) atoms. The molecule has 2 nitrogen and oxygen atoms in total. The molecule has 0 fully saturated rings.